The summed E-state index contributed by atoms with van der Waals surface area (Å²) >= 11 is 0. The summed E-state index contributed by atoms with van der Waals surface area (Å²) in [6.07, 6.45) is 6.34. The summed E-state index contributed by atoms with van der Waals surface area (Å²) in [4.78, 5) is 14.8. The van der Waals surface area contributed by atoms with Gasteiger partial charge in [-0.1, -0.05) is 24.3 Å². The van der Waals surface area contributed by atoms with E-state index in [1.165, 1.54) is 24.0 Å². The number of carbonyl (C=O) groups is 1. The molecule has 3 nitrogen and oxygen atoms in total. The Balaban J connectivity index is 1.83. The molecule has 3 rings (SSSR count). The van der Waals surface area contributed by atoms with Gasteiger partial charge in [0, 0.05) is 18.7 Å². The van der Waals surface area contributed by atoms with Gasteiger partial charge in [0.25, 0.3) is 5.91 Å². The maximum atomic E-state index is 13.0. The number of aryl methyl sites for hydroxylation is 2. The van der Waals surface area contributed by atoms with E-state index in [-0.39, 0.29) is 5.91 Å². The molecule has 2 aromatic carbocycles. The van der Waals surface area contributed by atoms with Gasteiger partial charge in [0.2, 0.25) is 0 Å². The second kappa shape index (κ2) is 7.81. The average Bonchev–Trinajstić information content (AvgIpc) is 2.67. The first-order valence-electron chi connectivity index (χ1n) is 8.72. The monoisotopic (exact) mass is 330 g/mol. The molecule has 0 saturated heterocycles. The van der Waals surface area contributed by atoms with Crippen molar-refractivity contribution >= 4 is 5.91 Å². The van der Waals surface area contributed by atoms with Crippen LogP contribution in [0.3, 0.4) is 0 Å². The first kappa shape index (κ1) is 17.0. The molecule has 1 aliphatic rings. The van der Waals surface area contributed by atoms with Gasteiger partial charge in [-0.25, -0.2) is 0 Å². The molecule has 0 bridgehead atoms. The van der Waals surface area contributed by atoms with Crippen molar-refractivity contribution in [3.8, 4) is 6.07 Å². The predicted molar refractivity (Wildman–Crippen MR) is 99.2 cm³/mol. The third-order valence-corrected chi connectivity index (χ3v) is 4.66. The van der Waals surface area contributed by atoms with Crippen molar-refractivity contribution in [2.45, 2.75) is 32.2 Å². The van der Waals surface area contributed by atoms with Crippen LogP contribution in [0.2, 0.25) is 0 Å². The Morgan fingerprint density at radius 1 is 1.16 bits per heavy atom. The molecule has 0 saturated carbocycles. The molecule has 1 aliphatic carbocycles. The van der Waals surface area contributed by atoms with E-state index >= 15 is 0 Å². The predicted octanol–water partition coefficient (Wildman–Crippen LogP) is 4.27. The minimum Gasteiger partial charge on any atom is -0.331 e. The minimum atomic E-state index is 0.00985. The van der Waals surface area contributed by atoms with E-state index in [9.17, 15) is 4.79 Å². The van der Waals surface area contributed by atoms with Crippen LogP contribution in [0.25, 0.3) is 0 Å². The van der Waals surface area contributed by atoms with Gasteiger partial charge in [0.1, 0.15) is 0 Å². The van der Waals surface area contributed by atoms with Gasteiger partial charge in [-0.05, 0) is 66.6 Å². The zero-order valence-corrected chi connectivity index (χ0v) is 14.4. The van der Waals surface area contributed by atoms with Gasteiger partial charge < -0.3 is 4.90 Å². The van der Waals surface area contributed by atoms with Crippen LogP contribution in [0.4, 0.5) is 0 Å². The van der Waals surface area contributed by atoms with E-state index in [1.54, 1.807) is 17.0 Å². The van der Waals surface area contributed by atoms with Gasteiger partial charge in [-0.2, -0.15) is 5.26 Å². The molecule has 0 aromatic heterocycles. The van der Waals surface area contributed by atoms with Gasteiger partial charge >= 0.3 is 0 Å². The Morgan fingerprint density at radius 3 is 2.72 bits per heavy atom. The first-order valence-corrected chi connectivity index (χ1v) is 8.72. The maximum absolute atomic E-state index is 13.0. The fraction of sp³-hybridized carbons (Fsp3) is 0.273. The largest absolute Gasteiger partial charge is 0.331 e. The topological polar surface area (TPSA) is 44.1 Å². The fourth-order valence-electron chi connectivity index (χ4n) is 3.38. The summed E-state index contributed by atoms with van der Waals surface area (Å²) in [5.41, 5.74) is 4.98. The Hall–Kier alpha value is -2.86. The molecule has 2 aromatic rings. The van der Waals surface area contributed by atoms with E-state index in [0.717, 1.165) is 24.0 Å². The normalized spacial score (nSPS) is 12.8. The SMILES string of the molecule is C=CCN(Cc1cccc(C#N)c1)C(=O)c1ccc2c(c1)CCCC2. The molecule has 0 fully saturated rings. The van der Waals surface area contributed by atoms with Crippen LogP contribution in [-0.4, -0.2) is 17.4 Å². The summed E-state index contributed by atoms with van der Waals surface area (Å²) in [7, 11) is 0. The minimum absolute atomic E-state index is 0.00985. The van der Waals surface area contributed by atoms with Gasteiger partial charge in [-0.3, -0.25) is 4.79 Å². The molecule has 0 N–H and O–H groups in total. The summed E-state index contributed by atoms with van der Waals surface area (Å²) in [6.45, 7) is 4.72. The van der Waals surface area contributed by atoms with Gasteiger partial charge in [0.15, 0.2) is 0 Å². The zero-order valence-electron chi connectivity index (χ0n) is 14.4. The Morgan fingerprint density at radius 2 is 1.96 bits per heavy atom. The van der Waals surface area contributed by atoms with E-state index < -0.39 is 0 Å². The molecule has 0 heterocycles. The molecule has 1 amide bonds. The van der Waals surface area contributed by atoms with Crippen molar-refractivity contribution in [3.05, 3.63) is 82.9 Å². The summed E-state index contributed by atoms with van der Waals surface area (Å²) in [5, 5.41) is 9.05. The van der Waals surface area contributed by atoms with Crippen molar-refractivity contribution in [3.63, 3.8) is 0 Å². The third-order valence-electron chi connectivity index (χ3n) is 4.66. The number of carbonyl (C=O) groups excluding carboxylic acids is 1. The van der Waals surface area contributed by atoms with Crippen molar-refractivity contribution < 1.29 is 4.79 Å². The molecule has 0 aliphatic heterocycles. The number of hydrogen-bond acceptors (Lipinski definition) is 2. The van der Waals surface area contributed by atoms with Crippen molar-refractivity contribution in [1.82, 2.24) is 4.90 Å². The zero-order chi connectivity index (χ0) is 17.6. The maximum Gasteiger partial charge on any atom is 0.254 e. The van der Waals surface area contributed by atoms with Crippen molar-refractivity contribution in [2.75, 3.05) is 6.54 Å². The lowest BCUT2D eigenvalue weighted by Gasteiger charge is -2.23. The Kier molecular flexibility index (Phi) is 5.30. The number of fused-ring (bicyclic) bond motifs is 1. The highest BCUT2D eigenvalue weighted by Crippen LogP contribution is 2.23. The number of hydrogen-bond donors (Lipinski definition) is 0. The van der Waals surface area contributed by atoms with Crippen LogP contribution in [0.5, 0.6) is 0 Å². The van der Waals surface area contributed by atoms with Crippen LogP contribution in [-0.2, 0) is 19.4 Å². The molecule has 126 valence electrons. The number of rotatable bonds is 5. The van der Waals surface area contributed by atoms with Crippen LogP contribution in [0.15, 0.2) is 55.1 Å². The summed E-state index contributed by atoms with van der Waals surface area (Å²) < 4.78 is 0. The number of benzene rings is 2. The molecule has 0 unspecified atom stereocenters. The second-order valence-electron chi connectivity index (χ2n) is 6.48. The van der Waals surface area contributed by atoms with Gasteiger partial charge in [0.05, 0.1) is 11.6 Å². The van der Waals surface area contributed by atoms with E-state index in [4.69, 9.17) is 5.26 Å². The summed E-state index contributed by atoms with van der Waals surface area (Å²) in [5.74, 6) is 0.00985. The van der Waals surface area contributed by atoms with Crippen molar-refractivity contribution in [1.29, 1.82) is 5.26 Å². The van der Waals surface area contributed by atoms with Gasteiger partial charge in [-0.15, -0.1) is 6.58 Å². The highest BCUT2D eigenvalue weighted by molar-refractivity contribution is 5.94. The van der Waals surface area contributed by atoms with E-state index in [0.29, 0.717) is 18.7 Å². The number of nitriles is 1. The highest BCUT2D eigenvalue weighted by atomic mass is 16.2. The smallest absolute Gasteiger partial charge is 0.254 e. The standard InChI is InChI=1S/C22H22N2O/c1-2-12-24(16-18-7-5-6-17(13-18)15-23)22(25)21-11-10-19-8-3-4-9-20(19)14-21/h2,5-7,10-11,13-14H,1,3-4,8-9,12,16H2. The third kappa shape index (κ3) is 3.97. The van der Waals surface area contributed by atoms with Crippen LogP contribution >= 0.6 is 0 Å². The molecular weight excluding hydrogens is 308 g/mol. The molecule has 3 heteroatoms. The van der Waals surface area contributed by atoms with E-state index in [1.807, 2.05) is 24.3 Å². The van der Waals surface area contributed by atoms with Crippen molar-refractivity contribution in [2.24, 2.45) is 0 Å². The first-order chi connectivity index (χ1) is 12.2. The lowest BCUT2D eigenvalue weighted by molar-refractivity contribution is 0.0762. The second-order valence-corrected chi connectivity index (χ2v) is 6.48. The van der Waals surface area contributed by atoms with E-state index in [2.05, 4.69) is 24.8 Å². The quantitative estimate of drug-likeness (QED) is 0.769. The molecule has 25 heavy (non-hydrogen) atoms. The lowest BCUT2D eigenvalue weighted by atomic mass is 9.90. The number of amides is 1. The fourth-order valence-corrected chi connectivity index (χ4v) is 3.38. The van der Waals surface area contributed by atoms with Crippen LogP contribution in [0, 0.1) is 11.3 Å². The summed E-state index contributed by atoms with van der Waals surface area (Å²) in [6, 6.07) is 15.6. The Labute approximate surface area is 149 Å². The Bertz CT molecular complexity index is 832. The molecule has 0 spiro atoms. The molecule has 0 radical (unpaired) electrons. The molecule has 0 atom stereocenters. The highest BCUT2D eigenvalue weighted by Gasteiger charge is 2.18. The average molecular weight is 330 g/mol. The lowest BCUT2D eigenvalue weighted by Crippen LogP contribution is -2.31. The number of nitrogens with zero attached hydrogens (tertiary/aromatic N) is 2. The molecular formula is C22H22N2O. The van der Waals surface area contributed by atoms with Crippen LogP contribution in [0.1, 0.15) is 45.5 Å². The van der Waals surface area contributed by atoms with Crippen LogP contribution < -0.4 is 0 Å².